The van der Waals surface area contributed by atoms with E-state index in [1.54, 1.807) is 6.07 Å². The molecule has 1 aliphatic carbocycles. The highest BCUT2D eigenvalue weighted by Gasteiger charge is 2.43. The van der Waals surface area contributed by atoms with Crippen LogP contribution in [-0.4, -0.2) is 27.5 Å². The third kappa shape index (κ3) is 2.37. The second-order valence-electron chi connectivity index (χ2n) is 4.62. The summed E-state index contributed by atoms with van der Waals surface area (Å²) in [5.74, 6) is 0. The number of rotatable bonds is 4. The van der Waals surface area contributed by atoms with Gasteiger partial charge in [-0.15, -0.1) is 11.8 Å². The summed E-state index contributed by atoms with van der Waals surface area (Å²) < 4.78 is 23.2. The zero-order valence-corrected chi connectivity index (χ0v) is 11.7. The molecule has 94 valence electrons. The zero-order valence-electron chi connectivity index (χ0n) is 10.1. The quantitative estimate of drug-likeness (QED) is 0.848. The third-order valence-corrected chi connectivity index (χ3v) is 5.48. The Balaban J connectivity index is 2.49. The molecular formula is C12H17NO2S2. The topological polar surface area (TPSA) is 60.2 Å². The van der Waals surface area contributed by atoms with E-state index in [4.69, 9.17) is 5.73 Å². The van der Waals surface area contributed by atoms with Gasteiger partial charge in [-0.05, 0) is 36.8 Å². The number of nitrogens with two attached hydrogens (primary N) is 1. The number of thioether (sulfide) groups is 1. The van der Waals surface area contributed by atoms with Crippen molar-refractivity contribution in [3.8, 4) is 0 Å². The SMILES string of the molecule is CSc1cc(C2(CN)CC2)ccc1S(C)(=O)=O. The summed E-state index contributed by atoms with van der Waals surface area (Å²) in [6, 6.07) is 5.61. The maximum absolute atomic E-state index is 11.6. The van der Waals surface area contributed by atoms with E-state index in [2.05, 4.69) is 0 Å². The van der Waals surface area contributed by atoms with E-state index in [1.807, 2.05) is 18.4 Å². The molecule has 0 aromatic heterocycles. The summed E-state index contributed by atoms with van der Waals surface area (Å²) in [4.78, 5) is 1.24. The Kier molecular flexibility index (Phi) is 3.27. The predicted molar refractivity (Wildman–Crippen MR) is 71.3 cm³/mol. The lowest BCUT2D eigenvalue weighted by Crippen LogP contribution is -2.19. The lowest BCUT2D eigenvalue weighted by Gasteiger charge is -2.15. The van der Waals surface area contributed by atoms with Gasteiger partial charge in [-0.2, -0.15) is 0 Å². The molecule has 0 saturated heterocycles. The first-order valence-electron chi connectivity index (χ1n) is 5.52. The largest absolute Gasteiger partial charge is 0.330 e. The molecule has 2 N–H and O–H groups in total. The molecule has 0 radical (unpaired) electrons. The second-order valence-corrected chi connectivity index (χ2v) is 7.45. The fraction of sp³-hybridized carbons (Fsp3) is 0.500. The molecule has 17 heavy (non-hydrogen) atoms. The standard InChI is InChI=1S/C12H17NO2S2/c1-16-10-7-9(12(8-13)5-6-12)3-4-11(10)17(2,14)15/h3-4,7H,5-6,8,13H2,1-2H3. The van der Waals surface area contributed by atoms with Gasteiger partial charge in [0.2, 0.25) is 0 Å². The summed E-state index contributed by atoms with van der Waals surface area (Å²) >= 11 is 1.47. The predicted octanol–water partition coefficient (Wildman–Crippen LogP) is 1.80. The summed E-state index contributed by atoms with van der Waals surface area (Å²) in [5, 5.41) is 0. The molecule has 0 aliphatic heterocycles. The highest BCUT2D eigenvalue weighted by molar-refractivity contribution is 7.99. The van der Waals surface area contributed by atoms with Crippen molar-refractivity contribution in [1.29, 1.82) is 0 Å². The number of hydrogen-bond acceptors (Lipinski definition) is 4. The Hall–Kier alpha value is -0.520. The first kappa shape index (κ1) is 12.9. The van der Waals surface area contributed by atoms with E-state index in [1.165, 1.54) is 23.6 Å². The van der Waals surface area contributed by atoms with Crippen LogP contribution in [0.15, 0.2) is 28.0 Å². The summed E-state index contributed by atoms with van der Waals surface area (Å²) in [7, 11) is -3.15. The fourth-order valence-corrected chi connectivity index (χ4v) is 4.02. The molecule has 1 aromatic rings. The molecule has 1 aliphatic rings. The van der Waals surface area contributed by atoms with Crippen molar-refractivity contribution in [3.05, 3.63) is 23.8 Å². The number of sulfone groups is 1. The van der Waals surface area contributed by atoms with Crippen LogP contribution in [0.4, 0.5) is 0 Å². The maximum atomic E-state index is 11.6. The van der Waals surface area contributed by atoms with Crippen LogP contribution in [0.3, 0.4) is 0 Å². The first-order chi connectivity index (χ1) is 7.93. The third-order valence-electron chi connectivity index (χ3n) is 3.42. The van der Waals surface area contributed by atoms with Gasteiger partial charge < -0.3 is 5.73 Å². The van der Waals surface area contributed by atoms with E-state index in [9.17, 15) is 8.42 Å². The molecule has 2 rings (SSSR count). The Labute approximate surface area is 107 Å². The molecule has 0 atom stereocenters. The Morgan fingerprint density at radius 1 is 1.41 bits per heavy atom. The molecule has 1 fully saturated rings. The minimum atomic E-state index is -3.15. The van der Waals surface area contributed by atoms with E-state index in [0.717, 1.165) is 17.7 Å². The molecular weight excluding hydrogens is 254 g/mol. The molecule has 5 heteroatoms. The smallest absolute Gasteiger partial charge is 0.176 e. The molecule has 0 bridgehead atoms. The first-order valence-corrected chi connectivity index (χ1v) is 8.63. The van der Waals surface area contributed by atoms with Crippen molar-refractivity contribution in [2.75, 3.05) is 19.1 Å². The molecule has 1 aromatic carbocycles. The van der Waals surface area contributed by atoms with Crippen molar-refractivity contribution < 1.29 is 8.42 Å². The van der Waals surface area contributed by atoms with Gasteiger partial charge in [0.15, 0.2) is 9.84 Å². The fourth-order valence-electron chi connectivity index (χ4n) is 2.07. The van der Waals surface area contributed by atoms with Gasteiger partial charge in [0.05, 0.1) is 4.90 Å². The minimum absolute atomic E-state index is 0.112. The van der Waals surface area contributed by atoms with Crippen LogP contribution >= 0.6 is 11.8 Å². The highest BCUT2D eigenvalue weighted by atomic mass is 32.2. The van der Waals surface area contributed by atoms with Gasteiger partial charge in [0.25, 0.3) is 0 Å². The summed E-state index contributed by atoms with van der Waals surface area (Å²) in [6.45, 7) is 0.638. The van der Waals surface area contributed by atoms with Crippen LogP contribution in [0.25, 0.3) is 0 Å². The monoisotopic (exact) mass is 271 g/mol. The van der Waals surface area contributed by atoms with Crippen LogP contribution in [0.5, 0.6) is 0 Å². The van der Waals surface area contributed by atoms with Crippen LogP contribution in [-0.2, 0) is 15.3 Å². The highest BCUT2D eigenvalue weighted by Crippen LogP contribution is 2.48. The van der Waals surface area contributed by atoms with E-state index < -0.39 is 9.84 Å². The van der Waals surface area contributed by atoms with Gasteiger partial charge in [-0.1, -0.05) is 6.07 Å². The van der Waals surface area contributed by atoms with Gasteiger partial charge in [0, 0.05) is 23.1 Å². The number of hydrogen-bond donors (Lipinski definition) is 1. The van der Waals surface area contributed by atoms with Gasteiger partial charge >= 0.3 is 0 Å². The molecule has 1 saturated carbocycles. The van der Waals surface area contributed by atoms with Crippen LogP contribution in [0.2, 0.25) is 0 Å². The van der Waals surface area contributed by atoms with Crippen molar-refractivity contribution in [3.63, 3.8) is 0 Å². The van der Waals surface area contributed by atoms with Crippen LogP contribution in [0.1, 0.15) is 18.4 Å². The normalized spacial score (nSPS) is 18.1. The second kappa shape index (κ2) is 4.30. The average molecular weight is 271 g/mol. The van der Waals surface area contributed by atoms with Gasteiger partial charge in [-0.25, -0.2) is 8.42 Å². The molecule has 0 unspecified atom stereocenters. The van der Waals surface area contributed by atoms with Crippen molar-refractivity contribution in [1.82, 2.24) is 0 Å². The Morgan fingerprint density at radius 2 is 2.06 bits per heavy atom. The minimum Gasteiger partial charge on any atom is -0.330 e. The molecule has 0 heterocycles. The Morgan fingerprint density at radius 3 is 2.47 bits per heavy atom. The Bertz CT molecular complexity index is 533. The van der Waals surface area contributed by atoms with E-state index >= 15 is 0 Å². The lowest BCUT2D eigenvalue weighted by molar-refractivity contribution is 0.599. The van der Waals surface area contributed by atoms with Crippen LogP contribution < -0.4 is 5.73 Å². The van der Waals surface area contributed by atoms with E-state index in [-0.39, 0.29) is 5.41 Å². The average Bonchev–Trinajstić information content (AvgIpc) is 3.08. The van der Waals surface area contributed by atoms with Gasteiger partial charge in [0.1, 0.15) is 0 Å². The van der Waals surface area contributed by atoms with Crippen molar-refractivity contribution >= 4 is 21.6 Å². The van der Waals surface area contributed by atoms with Crippen molar-refractivity contribution in [2.24, 2.45) is 5.73 Å². The van der Waals surface area contributed by atoms with Crippen molar-refractivity contribution in [2.45, 2.75) is 28.0 Å². The van der Waals surface area contributed by atoms with Crippen LogP contribution in [0, 0.1) is 0 Å². The maximum Gasteiger partial charge on any atom is 0.176 e. The number of benzene rings is 1. The molecule has 0 amide bonds. The molecule has 0 spiro atoms. The summed E-state index contributed by atoms with van der Waals surface area (Å²) in [6.07, 6.45) is 5.36. The van der Waals surface area contributed by atoms with Gasteiger partial charge in [-0.3, -0.25) is 0 Å². The molecule has 3 nitrogen and oxygen atoms in total. The summed E-state index contributed by atoms with van der Waals surface area (Å²) in [5.41, 5.74) is 7.08. The zero-order chi connectivity index (χ0) is 12.7. The lowest BCUT2D eigenvalue weighted by atomic mass is 9.96. The van der Waals surface area contributed by atoms with E-state index in [0.29, 0.717) is 11.4 Å².